The molecular formula is C27H25N3O7S2. The van der Waals surface area contributed by atoms with Gasteiger partial charge >= 0.3 is 5.97 Å². The minimum Gasteiger partial charge on any atom is -0.486 e. The maximum absolute atomic E-state index is 13.4. The van der Waals surface area contributed by atoms with Gasteiger partial charge in [0.25, 0.3) is 15.9 Å². The van der Waals surface area contributed by atoms with Crippen molar-refractivity contribution >= 4 is 49.1 Å². The van der Waals surface area contributed by atoms with E-state index in [0.717, 1.165) is 10.3 Å². The summed E-state index contributed by atoms with van der Waals surface area (Å²) in [4.78, 5) is 30.1. The Labute approximate surface area is 228 Å². The third-order valence-corrected chi connectivity index (χ3v) is 8.47. The fourth-order valence-electron chi connectivity index (χ4n) is 4.04. The van der Waals surface area contributed by atoms with Crippen LogP contribution in [-0.4, -0.2) is 45.2 Å². The molecule has 2 heterocycles. The summed E-state index contributed by atoms with van der Waals surface area (Å²) < 4.78 is 47.2. The van der Waals surface area contributed by atoms with Crippen LogP contribution >= 0.6 is 11.3 Å². The Morgan fingerprint density at radius 2 is 1.74 bits per heavy atom. The molecule has 1 amide bonds. The zero-order chi connectivity index (χ0) is 27.6. The lowest BCUT2D eigenvalue weighted by Crippen LogP contribution is -2.20. The van der Waals surface area contributed by atoms with Gasteiger partial charge in [-0.2, -0.15) is 4.99 Å². The molecule has 39 heavy (non-hydrogen) atoms. The van der Waals surface area contributed by atoms with Crippen molar-refractivity contribution in [3.63, 3.8) is 0 Å². The molecule has 5 rings (SSSR count). The molecule has 0 bridgehead atoms. The van der Waals surface area contributed by atoms with Crippen molar-refractivity contribution in [2.24, 2.45) is 4.99 Å². The number of para-hydroxylation sites is 1. The first kappa shape index (κ1) is 26.4. The number of methoxy groups -OCH3 is 1. The Kier molecular flexibility index (Phi) is 7.40. The number of thiazole rings is 1. The second-order valence-electron chi connectivity index (χ2n) is 8.71. The molecule has 0 saturated carbocycles. The van der Waals surface area contributed by atoms with Gasteiger partial charge in [-0.15, -0.1) is 0 Å². The van der Waals surface area contributed by atoms with Crippen LogP contribution in [0.4, 0.5) is 5.69 Å². The zero-order valence-corrected chi connectivity index (χ0v) is 22.8. The Balaban J connectivity index is 1.55. The number of fused-ring (bicyclic) bond motifs is 2. The van der Waals surface area contributed by atoms with Crippen LogP contribution in [-0.2, 0) is 26.1 Å². The highest BCUT2D eigenvalue weighted by Gasteiger charge is 2.20. The van der Waals surface area contributed by atoms with Crippen molar-refractivity contribution in [1.29, 1.82) is 0 Å². The van der Waals surface area contributed by atoms with Crippen LogP contribution in [0.15, 0.2) is 70.6 Å². The second-order valence-corrected chi connectivity index (χ2v) is 11.4. The number of nitrogens with one attached hydrogen (secondary N) is 1. The third kappa shape index (κ3) is 5.66. The Hall–Kier alpha value is -4.16. The van der Waals surface area contributed by atoms with Gasteiger partial charge in [0.1, 0.15) is 13.2 Å². The quantitative estimate of drug-likeness (QED) is 0.336. The number of benzene rings is 3. The molecule has 0 unspecified atom stereocenters. The maximum atomic E-state index is 13.4. The summed E-state index contributed by atoms with van der Waals surface area (Å²) in [7, 11) is -2.63. The topological polar surface area (TPSA) is 125 Å². The number of nitrogens with zero attached hydrogens (tertiary/aromatic N) is 2. The first-order valence-corrected chi connectivity index (χ1v) is 14.3. The van der Waals surface area contributed by atoms with Crippen LogP contribution in [0.3, 0.4) is 0 Å². The smallest absolute Gasteiger partial charge is 0.307 e. The van der Waals surface area contributed by atoms with Gasteiger partial charge in [-0.1, -0.05) is 41.2 Å². The fourth-order valence-corrected chi connectivity index (χ4v) is 6.18. The third-order valence-electron chi connectivity index (χ3n) is 6.04. The van der Waals surface area contributed by atoms with E-state index < -0.39 is 21.9 Å². The van der Waals surface area contributed by atoms with E-state index in [-0.39, 0.29) is 29.1 Å². The molecule has 0 atom stereocenters. The number of ether oxygens (including phenoxy) is 3. The van der Waals surface area contributed by atoms with E-state index in [4.69, 9.17) is 14.2 Å². The van der Waals surface area contributed by atoms with E-state index in [0.29, 0.717) is 35.0 Å². The Morgan fingerprint density at radius 1 is 1.05 bits per heavy atom. The molecule has 4 aromatic rings. The molecular weight excluding hydrogens is 542 g/mol. The number of amides is 1. The highest BCUT2D eigenvalue weighted by molar-refractivity contribution is 7.92. The Bertz CT molecular complexity index is 1740. The number of aromatic nitrogens is 1. The van der Waals surface area contributed by atoms with E-state index in [1.807, 2.05) is 13.0 Å². The van der Waals surface area contributed by atoms with Crippen LogP contribution in [0.2, 0.25) is 0 Å². The van der Waals surface area contributed by atoms with Crippen LogP contribution in [0, 0.1) is 6.92 Å². The zero-order valence-electron chi connectivity index (χ0n) is 21.2. The predicted molar refractivity (Wildman–Crippen MR) is 146 cm³/mol. The van der Waals surface area contributed by atoms with Gasteiger partial charge in [0.05, 0.1) is 39.9 Å². The molecule has 1 N–H and O–H groups in total. The molecule has 0 aliphatic carbocycles. The summed E-state index contributed by atoms with van der Waals surface area (Å²) in [6.45, 7) is 2.91. The molecule has 0 saturated heterocycles. The number of hydrogen-bond acceptors (Lipinski definition) is 8. The van der Waals surface area contributed by atoms with Crippen molar-refractivity contribution in [2.75, 3.05) is 25.0 Å². The molecule has 1 aliphatic heterocycles. The van der Waals surface area contributed by atoms with Gasteiger partial charge in [0.2, 0.25) is 0 Å². The fraction of sp³-hybridized carbons (Fsp3) is 0.222. The number of rotatable bonds is 7. The number of sulfonamides is 1. The number of carbonyl (C=O) groups excluding carboxylic acids is 2. The van der Waals surface area contributed by atoms with Crippen molar-refractivity contribution < 1.29 is 32.2 Å². The van der Waals surface area contributed by atoms with Gasteiger partial charge in [-0.05, 0) is 31.2 Å². The maximum Gasteiger partial charge on any atom is 0.307 e. The molecule has 0 spiro atoms. The summed E-state index contributed by atoms with van der Waals surface area (Å²) in [5.74, 6) is 0.0938. The van der Waals surface area contributed by atoms with Gasteiger partial charge < -0.3 is 18.8 Å². The monoisotopic (exact) mass is 567 g/mol. The van der Waals surface area contributed by atoms with Crippen LogP contribution in [0.1, 0.15) is 22.3 Å². The van der Waals surface area contributed by atoms with E-state index in [2.05, 4.69) is 9.71 Å². The molecule has 1 aliphatic rings. The second kappa shape index (κ2) is 10.9. The summed E-state index contributed by atoms with van der Waals surface area (Å²) in [5.41, 5.74) is 1.82. The number of anilines is 1. The Morgan fingerprint density at radius 3 is 2.46 bits per heavy atom. The lowest BCUT2D eigenvalue weighted by molar-refractivity contribution is -0.140. The molecule has 202 valence electrons. The number of carbonyl (C=O) groups is 2. The van der Waals surface area contributed by atoms with Gasteiger partial charge in [-0.3, -0.25) is 14.3 Å². The molecule has 10 nitrogen and oxygen atoms in total. The average molecular weight is 568 g/mol. The van der Waals surface area contributed by atoms with E-state index in [9.17, 15) is 18.0 Å². The molecule has 0 radical (unpaired) electrons. The van der Waals surface area contributed by atoms with E-state index in [1.54, 1.807) is 34.9 Å². The SMILES string of the molecule is COC(=O)CCn1c(=NC(=O)c2ccccc2NS(=O)(=O)c2ccc(C)cc2)sc2cc3c(cc21)OCCO3. The van der Waals surface area contributed by atoms with Crippen molar-refractivity contribution in [3.8, 4) is 11.5 Å². The molecule has 12 heteroatoms. The average Bonchev–Trinajstić information content (AvgIpc) is 3.25. The predicted octanol–water partition coefficient (Wildman–Crippen LogP) is 3.89. The minimum atomic E-state index is -3.94. The number of aryl methyl sites for hydroxylation is 2. The lowest BCUT2D eigenvalue weighted by atomic mass is 10.2. The van der Waals surface area contributed by atoms with Crippen LogP contribution in [0.5, 0.6) is 11.5 Å². The van der Waals surface area contributed by atoms with Crippen LogP contribution in [0.25, 0.3) is 10.2 Å². The van der Waals surface area contributed by atoms with E-state index in [1.165, 1.54) is 42.7 Å². The standard InChI is InChI=1S/C27H25N3O7S2/c1-17-7-9-18(10-8-17)39(33,34)29-20-6-4-3-5-19(20)26(32)28-27-30(12-11-25(31)35-2)21-15-22-23(16-24(21)38-27)37-14-13-36-22/h3-10,15-16,29H,11-14H2,1-2H3. The lowest BCUT2D eigenvalue weighted by Gasteiger charge is -2.18. The molecule has 3 aromatic carbocycles. The summed E-state index contributed by atoms with van der Waals surface area (Å²) in [6, 6.07) is 16.3. The highest BCUT2D eigenvalue weighted by atomic mass is 32.2. The van der Waals surface area contributed by atoms with Gasteiger partial charge in [0.15, 0.2) is 16.3 Å². The molecule has 0 fully saturated rings. The summed E-state index contributed by atoms with van der Waals surface area (Å²) in [6.07, 6.45) is 0.0606. The first-order chi connectivity index (χ1) is 18.7. The summed E-state index contributed by atoms with van der Waals surface area (Å²) >= 11 is 1.25. The number of hydrogen-bond donors (Lipinski definition) is 1. The summed E-state index contributed by atoms with van der Waals surface area (Å²) in [5, 5.41) is 0. The molecule has 1 aromatic heterocycles. The largest absolute Gasteiger partial charge is 0.486 e. The van der Waals surface area contributed by atoms with Gasteiger partial charge in [-0.25, -0.2) is 8.42 Å². The van der Waals surface area contributed by atoms with Gasteiger partial charge in [0, 0.05) is 18.7 Å². The highest BCUT2D eigenvalue weighted by Crippen LogP contribution is 2.35. The van der Waals surface area contributed by atoms with Crippen LogP contribution < -0.4 is 19.0 Å². The normalized spacial score (nSPS) is 13.3. The van der Waals surface area contributed by atoms with Crippen molar-refractivity contribution in [2.45, 2.75) is 24.8 Å². The van der Waals surface area contributed by atoms with E-state index >= 15 is 0 Å². The van der Waals surface area contributed by atoms with Crippen molar-refractivity contribution in [3.05, 3.63) is 76.6 Å². The van der Waals surface area contributed by atoms with Crippen molar-refractivity contribution in [1.82, 2.24) is 4.57 Å². The first-order valence-electron chi connectivity index (χ1n) is 12.0. The minimum absolute atomic E-state index is 0.0606. The number of esters is 1.